The molecule has 3 nitrogen and oxygen atoms in total. The number of carbonyl (C=O) groups excluding carboxylic acids is 1. The number of hydrogen-bond donors (Lipinski definition) is 2. The Bertz CT molecular complexity index is 235. The number of nitrogens with one attached hydrogen (secondary N) is 2. The Kier molecular flexibility index (Phi) is 7.33. The zero-order valence-electron chi connectivity index (χ0n) is 12.3. The standard InChI is InChI=1S/C15H30N2O/c1-4-16-11-12(2)15(18)17-13(3)14-9-7-5-6-8-10-14/h12-14,16H,4-11H2,1-3H3,(H,17,18)/t12?,13-/m0/s1. The van der Waals surface area contributed by atoms with Gasteiger partial charge in [-0.05, 0) is 32.2 Å². The molecule has 0 radical (unpaired) electrons. The molecule has 0 aromatic carbocycles. The van der Waals surface area contributed by atoms with E-state index in [2.05, 4.69) is 24.5 Å². The van der Waals surface area contributed by atoms with Crippen molar-refractivity contribution in [2.24, 2.45) is 11.8 Å². The van der Waals surface area contributed by atoms with Crippen LogP contribution in [0.4, 0.5) is 0 Å². The van der Waals surface area contributed by atoms with Gasteiger partial charge < -0.3 is 10.6 Å². The molecule has 0 aliphatic heterocycles. The van der Waals surface area contributed by atoms with Gasteiger partial charge in [0.05, 0.1) is 0 Å². The molecule has 0 aromatic rings. The van der Waals surface area contributed by atoms with Gasteiger partial charge >= 0.3 is 0 Å². The Balaban J connectivity index is 2.32. The fraction of sp³-hybridized carbons (Fsp3) is 0.933. The number of amides is 1. The summed E-state index contributed by atoms with van der Waals surface area (Å²) in [7, 11) is 0. The van der Waals surface area contributed by atoms with Crippen molar-refractivity contribution in [1.29, 1.82) is 0 Å². The van der Waals surface area contributed by atoms with Crippen molar-refractivity contribution in [3.05, 3.63) is 0 Å². The molecular formula is C15H30N2O. The first-order valence-corrected chi connectivity index (χ1v) is 7.66. The fourth-order valence-corrected chi connectivity index (χ4v) is 2.75. The Morgan fingerprint density at radius 3 is 2.33 bits per heavy atom. The van der Waals surface area contributed by atoms with E-state index in [1.54, 1.807) is 0 Å². The molecule has 1 saturated carbocycles. The minimum Gasteiger partial charge on any atom is -0.353 e. The predicted octanol–water partition coefficient (Wildman–Crippen LogP) is 2.71. The van der Waals surface area contributed by atoms with Gasteiger partial charge in [0.2, 0.25) is 5.91 Å². The number of rotatable bonds is 6. The van der Waals surface area contributed by atoms with Crippen LogP contribution in [0.2, 0.25) is 0 Å². The van der Waals surface area contributed by atoms with Gasteiger partial charge in [-0.15, -0.1) is 0 Å². The summed E-state index contributed by atoms with van der Waals surface area (Å²) < 4.78 is 0. The summed E-state index contributed by atoms with van der Waals surface area (Å²) in [5.41, 5.74) is 0. The van der Waals surface area contributed by atoms with Gasteiger partial charge in [-0.3, -0.25) is 4.79 Å². The van der Waals surface area contributed by atoms with Crippen LogP contribution in [0.3, 0.4) is 0 Å². The SMILES string of the molecule is CCNCC(C)C(=O)N[C@@H](C)C1CCCCCC1. The zero-order valence-corrected chi connectivity index (χ0v) is 12.3. The molecule has 0 bridgehead atoms. The van der Waals surface area contributed by atoms with E-state index in [1.807, 2.05) is 6.92 Å². The maximum Gasteiger partial charge on any atom is 0.224 e. The number of carbonyl (C=O) groups is 1. The summed E-state index contributed by atoms with van der Waals surface area (Å²) in [6.45, 7) is 7.94. The maximum atomic E-state index is 12.0. The molecule has 2 atom stereocenters. The van der Waals surface area contributed by atoms with Gasteiger partial charge in [0.1, 0.15) is 0 Å². The van der Waals surface area contributed by atoms with Crippen molar-refractivity contribution in [3.8, 4) is 0 Å². The lowest BCUT2D eigenvalue weighted by Gasteiger charge is -2.25. The van der Waals surface area contributed by atoms with Gasteiger partial charge in [0.15, 0.2) is 0 Å². The first-order valence-electron chi connectivity index (χ1n) is 7.66. The highest BCUT2D eigenvalue weighted by atomic mass is 16.1. The molecule has 1 fully saturated rings. The molecule has 1 amide bonds. The number of hydrogen-bond acceptors (Lipinski definition) is 2. The summed E-state index contributed by atoms with van der Waals surface area (Å²) in [6, 6.07) is 0.333. The third-order valence-electron chi connectivity index (χ3n) is 4.12. The lowest BCUT2D eigenvalue weighted by Crippen LogP contribution is -2.43. The van der Waals surface area contributed by atoms with Crippen molar-refractivity contribution in [1.82, 2.24) is 10.6 Å². The summed E-state index contributed by atoms with van der Waals surface area (Å²) >= 11 is 0. The Hall–Kier alpha value is -0.570. The summed E-state index contributed by atoms with van der Waals surface area (Å²) in [5.74, 6) is 0.952. The molecule has 106 valence electrons. The van der Waals surface area contributed by atoms with Crippen LogP contribution in [0.25, 0.3) is 0 Å². The van der Waals surface area contributed by atoms with Gasteiger partial charge in [0.25, 0.3) is 0 Å². The van der Waals surface area contributed by atoms with E-state index >= 15 is 0 Å². The highest BCUT2D eigenvalue weighted by Gasteiger charge is 2.22. The average molecular weight is 254 g/mol. The minimum atomic E-state index is 0.0678. The smallest absolute Gasteiger partial charge is 0.224 e. The summed E-state index contributed by atoms with van der Waals surface area (Å²) in [5, 5.41) is 6.44. The van der Waals surface area contributed by atoms with Gasteiger partial charge in [-0.2, -0.15) is 0 Å². The van der Waals surface area contributed by atoms with E-state index < -0.39 is 0 Å². The first-order chi connectivity index (χ1) is 8.65. The third-order valence-corrected chi connectivity index (χ3v) is 4.12. The van der Waals surface area contributed by atoms with Crippen LogP contribution in [0.1, 0.15) is 59.3 Å². The van der Waals surface area contributed by atoms with Crippen molar-refractivity contribution < 1.29 is 4.79 Å². The molecule has 1 aliphatic rings. The largest absolute Gasteiger partial charge is 0.353 e. The van der Waals surface area contributed by atoms with Crippen LogP contribution in [0.5, 0.6) is 0 Å². The molecule has 2 N–H and O–H groups in total. The second-order valence-electron chi connectivity index (χ2n) is 5.76. The Morgan fingerprint density at radius 1 is 1.17 bits per heavy atom. The van der Waals surface area contributed by atoms with E-state index in [0.717, 1.165) is 13.1 Å². The van der Waals surface area contributed by atoms with E-state index in [1.165, 1.54) is 38.5 Å². The summed E-state index contributed by atoms with van der Waals surface area (Å²) in [4.78, 5) is 12.0. The van der Waals surface area contributed by atoms with E-state index in [-0.39, 0.29) is 11.8 Å². The average Bonchev–Trinajstić information content (AvgIpc) is 2.64. The fourth-order valence-electron chi connectivity index (χ4n) is 2.75. The van der Waals surface area contributed by atoms with Crippen molar-refractivity contribution in [2.45, 2.75) is 65.3 Å². The highest BCUT2D eigenvalue weighted by molar-refractivity contribution is 5.78. The van der Waals surface area contributed by atoms with Crippen LogP contribution >= 0.6 is 0 Å². The van der Waals surface area contributed by atoms with E-state index in [9.17, 15) is 4.79 Å². The molecule has 1 aliphatic carbocycles. The third kappa shape index (κ3) is 5.38. The first kappa shape index (κ1) is 15.5. The molecule has 18 heavy (non-hydrogen) atoms. The molecule has 3 heteroatoms. The summed E-state index contributed by atoms with van der Waals surface area (Å²) in [6.07, 6.45) is 7.96. The molecule has 1 rings (SSSR count). The maximum absolute atomic E-state index is 12.0. The second-order valence-corrected chi connectivity index (χ2v) is 5.76. The molecule has 0 saturated heterocycles. The van der Waals surface area contributed by atoms with Gasteiger partial charge in [-0.1, -0.05) is 39.5 Å². The second kappa shape index (κ2) is 8.52. The monoisotopic (exact) mass is 254 g/mol. The highest BCUT2D eigenvalue weighted by Crippen LogP contribution is 2.25. The molecule has 0 aromatic heterocycles. The molecule has 0 heterocycles. The van der Waals surface area contributed by atoms with Gasteiger partial charge in [-0.25, -0.2) is 0 Å². The minimum absolute atomic E-state index is 0.0678. The lowest BCUT2D eigenvalue weighted by molar-refractivity contribution is -0.125. The quantitative estimate of drug-likeness (QED) is 0.716. The van der Waals surface area contributed by atoms with Crippen molar-refractivity contribution in [3.63, 3.8) is 0 Å². The van der Waals surface area contributed by atoms with Crippen LogP contribution in [-0.2, 0) is 4.79 Å². The van der Waals surface area contributed by atoms with E-state index in [0.29, 0.717) is 12.0 Å². The Morgan fingerprint density at radius 2 is 1.78 bits per heavy atom. The van der Waals surface area contributed by atoms with Crippen LogP contribution in [-0.4, -0.2) is 25.0 Å². The van der Waals surface area contributed by atoms with Gasteiger partial charge in [0, 0.05) is 18.5 Å². The molecule has 0 spiro atoms. The lowest BCUT2D eigenvalue weighted by atomic mass is 9.92. The normalized spacial score (nSPS) is 21.1. The van der Waals surface area contributed by atoms with Crippen molar-refractivity contribution >= 4 is 5.91 Å². The van der Waals surface area contributed by atoms with E-state index in [4.69, 9.17) is 0 Å². The predicted molar refractivity (Wildman–Crippen MR) is 76.5 cm³/mol. The molecule has 1 unspecified atom stereocenters. The van der Waals surface area contributed by atoms with Crippen LogP contribution in [0, 0.1) is 11.8 Å². The van der Waals surface area contributed by atoms with Crippen molar-refractivity contribution in [2.75, 3.05) is 13.1 Å². The Labute approximate surface area is 112 Å². The van der Waals surface area contributed by atoms with Crippen LogP contribution < -0.4 is 10.6 Å². The van der Waals surface area contributed by atoms with Crippen LogP contribution in [0.15, 0.2) is 0 Å². The molecular weight excluding hydrogens is 224 g/mol. The zero-order chi connectivity index (χ0) is 13.4. The topological polar surface area (TPSA) is 41.1 Å².